The lowest BCUT2D eigenvalue weighted by molar-refractivity contribution is 0.276. The molecule has 110 valence electrons. The maximum absolute atomic E-state index is 11.5. The largest absolute Gasteiger partial charge is 0.481 e. The van der Waals surface area contributed by atoms with E-state index in [1.54, 1.807) is 12.1 Å². The second kappa shape index (κ2) is 4.69. The second-order valence-corrected chi connectivity index (χ2v) is 6.13. The summed E-state index contributed by atoms with van der Waals surface area (Å²) in [5, 5.41) is 16.0. The highest BCUT2D eigenvalue weighted by Crippen LogP contribution is 2.31. The maximum atomic E-state index is 11.5. The van der Waals surface area contributed by atoms with Crippen LogP contribution < -0.4 is 9.88 Å². The van der Waals surface area contributed by atoms with Gasteiger partial charge in [-0.25, -0.2) is 18.5 Å². The Morgan fingerprint density at radius 2 is 2.10 bits per heavy atom. The monoisotopic (exact) mass is 307 g/mol. The van der Waals surface area contributed by atoms with Crippen molar-refractivity contribution >= 4 is 31.8 Å². The number of ether oxygens (including phenoxy) is 1. The number of pyridine rings is 1. The van der Waals surface area contributed by atoms with E-state index in [4.69, 9.17) is 9.88 Å². The van der Waals surface area contributed by atoms with Gasteiger partial charge in [0.05, 0.1) is 29.8 Å². The minimum Gasteiger partial charge on any atom is -0.481 e. The number of nitrogens with one attached hydrogen (secondary N) is 1. The molecule has 0 saturated carbocycles. The molecule has 2 heterocycles. The van der Waals surface area contributed by atoms with E-state index in [-0.39, 0.29) is 11.5 Å². The minimum absolute atomic E-state index is 0.0252. The lowest BCUT2D eigenvalue weighted by atomic mass is 10.1. The van der Waals surface area contributed by atoms with Crippen LogP contribution >= 0.6 is 0 Å². The standard InChI is InChI=1S/C13H13N3O4S/c1-20-12-5-9-8-4-7(21(14,18)19)2-3-10(8)16-13(9)11(6-17)15-12/h2-5,16-17H,6H2,1H3,(H2,14,18,19). The van der Waals surface area contributed by atoms with Crippen LogP contribution in [0.4, 0.5) is 0 Å². The van der Waals surface area contributed by atoms with E-state index >= 15 is 0 Å². The fraction of sp³-hybridized carbons (Fsp3) is 0.154. The Morgan fingerprint density at radius 1 is 1.33 bits per heavy atom. The van der Waals surface area contributed by atoms with Crippen molar-refractivity contribution in [2.45, 2.75) is 11.5 Å². The highest BCUT2D eigenvalue weighted by Gasteiger charge is 2.15. The van der Waals surface area contributed by atoms with E-state index < -0.39 is 10.0 Å². The molecule has 4 N–H and O–H groups in total. The molecule has 0 aliphatic rings. The molecule has 0 aliphatic carbocycles. The number of aromatic nitrogens is 2. The molecule has 1 aromatic carbocycles. The predicted octanol–water partition coefficient (Wildman–Crippen LogP) is 0.864. The summed E-state index contributed by atoms with van der Waals surface area (Å²) < 4.78 is 28.0. The number of hydrogen-bond donors (Lipinski definition) is 3. The zero-order valence-electron chi connectivity index (χ0n) is 11.1. The third kappa shape index (κ3) is 2.23. The summed E-state index contributed by atoms with van der Waals surface area (Å²) in [4.78, 5) is 7.30. The van der Waals surface area contributed by atoms with E-state index in [0.717, 1.165) is 5.52 Å². The number of benzene rings is 1. The van der Waals surface area contributed by atoms with E-state index in [0.29, 0.717) is 27.9 Å². The van der Waals surface area contributed by atoms with Crippen LogP contribution in [0.25, 0.3) is 21.8 Å². The molecule has 3 aromatic rings. The van der Waals surface area contributed by atoms with Crippen LogP contribution in [0.5, 0.6) is 5.88 Å². The summed E-state index contributed by atoms with van der Waals surface area (Å²) in [5.74, 6) is 0.341. The number of methoxy groups -OCH3 is 1. The Labute approximate surface area is 120 Å². The first-order valence-corrected chi connectivity index (χ1v) is 7.61. The molecule has 0 bridgehead atoms. The van der Waals surface area contributed by atoms with Crippen LogP contribution in [-0.4, -0.2) is 30.6 Å². The summed E-state index contributed by atoms with van der Waals surface area (Å²) in [6.45, 7) is -0.261. The number of H-pyrrole nitrogens is 1. The summed E-state index contributed by atoms with van der Waals surface area (Å²) in [7, 11) is -2.31. The SMILES string of the molecule is COc1cc2c([nH]c3ccc(S(N)(=O)=O)cc32)c(CO)n1. The number of sulfonamides is 1. The minimum atomic E-state index is -3.78. The fourth-order valence-electron chi connectivity index (χ4n) is 2.31. The van der Waals surface area contributed by atoms with Crippen molar-refractivity contribution in [2.24, 2.45) is 5.14 Å². The molecule has 21 heavy (non-hydrogen) atoms. The Balaban J connectivity index is 2.43. The summed E-state index contributed by atoms with van der Waals surface area (Å²) in [6, 6.07) is 6.23. The van der Waals surface area contributed by atoms with E-state index in [2.05, 4.69) is 9.97 Å². The van der Waals surface area contributed by atoms with Crippen LogP contribution in [-0.2, 0) is 16.6 Å². The molecule has 0 saturated heterocycles. The molecule has 0 amide bonds. The van der Waals surface area contributed by atoms with Gasteiger partial charge in [0.1, 0.15) is 0 Å². The normalized spacial score (nSPS) is 12.1. The average molecular weight is 307 g/mol. The molecular formula is C13H13N3O4S. The van der Waals surface area contributed by atoms with Crippen LogP contribution in [0, 0.1) is 0 Å². The predicted molar refractivity (Wildman–Crippen MR) is 77.4 cm³/mol. The van der Waals surface area contributed by atoms with Crippen molar-refractivity contribution < 1.29 is 18.3 Å². The smallest absolute Gasteiger partial charge is 0.238 e. The maximum Gasteiger partial charge on any atom is 0.238 e. The topological polar surface area (TPSA) is 118 Å². The number of aliphatic hydroxyl groups excluding tert-OH is 1. The van der Waals surface area contributed by atoms with Crippen LogP contribution in [0.1, 0.15) is 5.69 Å². The summed E-state index contributed by atoms with van der Waals surface area (Å²) in [5.41, 5.74) is 1.79. The van der Waals surface area contributed by atoms with Crippen molar-refractivity contribution in [3.8, 4) is 5.88 Å². The van der Waals surface area contributed by atoms with Gasteiger partial charge in [-0.1, -0.05) is 0 Å². The second-order valence-electron chi connectivity index (χ2n) is 4.57. The number of primary sulfonamides is 1. The molecule has 2 aromatic heterocycles. The van der Waals surface area contributed by atoms with Crippen LogP contribution in [0.15, 0.2) is 29.2 Å². The van der Waals surface area contributed by atoms with Gasteiger partial charge in [-0.15, -0.1) is 0 Å². The molecule has 0 radical (unpaired) electrons. The van der Waals surface area contributed by atoms with Gasteiger partial charge in [0.2, 0.25) is 15.9 Å². The first kappa shape index (κ1) is 13.8. The highest BCUT2D eigenvalue weighted by atomic mass is 32.2. The number of hydrogen-bond acceptors (Lipinski definition) is 5. The number of fused-ring (bicyclic) bond motifs is 3. The Morgan fingerprint density at radius 3 is 2.71 bits per heavy atom. The molecule has 0 unspecified atom stereocenters. The number of aromatic amines is 1. The van der Waals surface area contributed by atoms with Gasteiger partial charge < -0.3 is 14.8 Å². The Bertz CT molecular complexity index is 947. The van der Waals surface area contributed by atoms with Crippen molar-refractivity contribution in [3.05, 3.63) is 30.0 Å². The highest BCUT2D eigenvalue weighted by molar-refractivity contribution is 7.89. The van der Waals surface area contributed by atoms with Gasteiger partial charge in [0, 0.05) is 22.4 Å². The number of rotatable bonds is 3. The van der Waals surface area contributed by atoms with E-state index in [1.807, 2.05) is 0 Å². The number of aliphatic hydroxyl groups is 1. The molecule has 0 spiro atoms. The van der Waals surface area contributed by atoms with Gasteiger partial charge >= 0.3 is 0 Å². The molecule has 0 fully saturated rings. The molecule has 8 heteroatoms. The van der Waals surface area contributed by atoms with Crippen molar-refractivity contribution in [2.75, 3.05) is 7.11 Å². The van der Waals surface area contributed by atoms with Crippen molar-refractivity contribution in [1.29, 1.82) is 0 Å². The van der Waals surface area contributed by atoms with E-state index in [1.165, 1.54) is 19.2 Å². The summed E-state index contributed by atoms with van der Waals surface area (Å²) in [6.07, 6.45) is 0. The molecule has 0 atom stereocenters. The van der Waals surface area contributed by atoms with Crippen LogP contribution in [0.2, 0.25) is 0 Å². The quantitative estimate of drug-likeness (QED) is 0.663. The third-order valence-corrected chi connectivity index (χ3v) is 4.21. The lowest BCUT2D eigenvalue weighted by Gasteiger charge is -2.03. The lowest BCUT2D eigenvalue weighted by Crippen LogP contribution is -2.11. The summed E-state index contributed by atoms with van der Waals surface area (Å²) >= 11 is 0. The molecule has 3 rings (SSSR count). The Kier molecular flexibility index (Phi) is 3.08. The Hall–Kier alpha value is -2.16. The molecule has 7 nitrogen and oxygen atoms in total. The molecular weight excluding hydrogens is 294 g/mol. The van der Waals surface area contributed by atoms with Gasteiger partial charge in [0.15, 0.2) is 0 Å². The average Bonchev–Trinajstić information content (AvgIpc) is 2.83. The van der Waals surface area contributed by atoms with Crippen molar-refractivity contribution in [3.63, 3.8) is 0 Å². The fourth-order valence-corrected chi connectivity index (χ4v) is 2.85. The first-order chi connectivity index (χ1) is 9.94. The van der Waals surface area contributed by atoms with Gasteiger partial charge in [-0.2, -0.15) is 0 Å². The molecule has 0 aliphatic heterocycles. The van der Waals surface area contributed by atoms with Gasteiger partial charge in [-0.05, 0) is 18.2 Å². The van der Waals surface area contributed by atoms with Gasteiger partial charge in [-0.3, -0.25) is 0 Å². The van der Waals surface area contributed by atoms with Gasteiger partial charge in [0.25, 0.3) is 0 Å². The number of nitrogens with two attached hydrogens (primary N) is 1. The third-order valence-electron chi connectivity index (χ3n) is 3.30. The number of nitrogens with zero attached hydrogens (tertiary/aromatic N) is 1. The zero-order chi connectivity index (χ0) is 15.2. The first-order valence-electron chi connectivity index (χ1n) is 6.07. The van der Waals surface area contributed by atoms with Crippen molar-refractivity contribution in [1.82, 2.24) is 9.97 Å². The van der Waals surface area contributed by atoms with E-state index in [9.17, 15) is 13.5 Å². The zero-order valence-corrected chi connectivity index (χ0v) is 11.9. The van der Waals surface area contributed by atoms with Crippen LogP contribution in [0.3, 0.4) is 0 Å².